The molecule has 7 nitrogen and oxygen atoms in total. The molecule has 0 heterocycles. The largest absolute Gasteiger partial charge is 1.00 e. The third kappa shape index (κ3) is 12.9. The zero-order chi connectivity index (χ0) is 17.0. The summed E-state index contributed by atoms with van der Waals surface area (Å²) in [5.74, 6) is -1.96. The standard InChI is InChI=1S/C14H26O7S.Na/c1-3-5-7-9-20-13(15)11-12(22(17,18)19)14(16)21-10-8-6-4-2;/h12H,3-11H2,1-2H3,(H,17,18,19);/q;+1. The predicted octanol–water partition coefficient (Wildman–Crippen LogP) is -0.896. The van der Waals surface area contributed by atoms with Gasteiger partial charge < -0.3 is 9.47 Å². The number of carbonyl (C=O) groups excluding carboxylic acids is 2. The minimum absolute atomic E-state index is 0. The summed E-state index contributed by atoms with van der Waals surface area (Å²) in [5, 5.41) is -1.92. The van der Waals surface area contributed by atoms with Crippen LogP contribution in [-0.2, 0) is 29.2 Å². The first-order chi connectivity index (χ1) is 10.3. The van der Waals surface area contributed by atoms with Gasteiger partial charge in [0.2, 0.25) is 0 Å². The van der Waals surface area contributed by atoms with Gasteiger partial charge in [-0.3, -0.25) is 14.1 Å². The fraction of sp³-hybridized carbons (Fsp3) is 0.857. The molecule has 0 radical (unpaired) electrons. The van der Waals surface area contributed by atoms with Crippen LogP contribution >= 0.6 is 0 Å². The molecule has 0 aromatic heterocycles. The van der Waals surface area contributed by atoms with Gasteiger partial charge in [0.05, 0.1) is 19.6 Å². The third-order valence-corrected chi connectivity index (χ3v) is 4.06. The van der Waals surface area contributed by atoms with E-state index < -0.39 is 33.7 Å². The van der Waals surface area contributed by atoms with Gasteiger partial charge in [0.25, 0.3) is 10.1 Å². The van der Waals surface area contributed by atoms with Crippen LogP contribution in [-0.4, -0.2) is 43.4 Å². The van der Waals surface area contributed by atoms with Crippen molar-refractivity contribution in [3.63, 3.8) is 0 Å². The van der Waals surface area contributed by atoms with E-state index in [1.54, 1.807) is 0 Å². The van der Waals surface area contributed by atoms with Crippen LogP contribution in [0.2, 0.25) is 0 Å². The molecule has 0 aliphatic carbocycles. The van der Waals surface area contributed by atoms with Crippen LogP contribution < -0.4 is 29.6 Å². The van der Waals surface area contributed by atoms with Gasteiger partial charge >= 0.3 is 41.5 Å². The molecule has 1 atom stereocenters. The minimum atomic E-state index is -4.71. The number of esters is 2. The number of hydrogen-bond donors (Lipinski definition) is 1. The summed E-state index contributed by atoms with van der Waals surface area (Å²) in [6.45, 7) is 4.18. The Balaban J connectivity index is 0. The Labute approximate surface area is 160 Å². The zero-order valence-corrected chi connectivity index (χ0v) is 17.1. The molecule has 0 rings (SSSR count). The van der Waals surface area contributed by atoms with Gasteiger partial charge in [-0.15, -0.1) is 0 Å². The molecule has 0 bridgehead atoms. The van der Waals surface area contributed by atoms with Gasteiger partial charge in [0, 0.05) is 0 Å². The molecule has 0 amide bonds. The van der Waals surface area contributed by atoms with E-state index >= 15 is 0 Å². The Morgan fingerprint density at radius 2 is 1.43 bits per heavy atom. The van der Waals surface area contributed by atoms with Gasteiger partial charge in [-0.25, -0.2) is 0 Å². The van der Waals surface area contributed by atoms with E-state index in [1.807, 2.05) is 13.8 Å². The van der Waals surface area contributed by atoms with Crippen LogP contribution in [0.1, 0.15) is 58.8 Å². The smallest absolute Gasteiger partial charge is 0.466 e. The van der Waals surface area contributed by atoms with Crippen LogP contribution in [0.15, 0.2) is 0 Å². The summed E-state index contributed by atoms with van der Waals surface area (Å²) in [4.78, 5) is 23.2. The molecule has 0 aliphatic heterocycles. The van der Waals surface area contributed by atoms with Gasteiger partial charge in [-0.05, 0) is 12.8 Å². The van der Waals surface area contributed by atoms with Crippen molar-refractivity contribution in [2.75, 3.05) is 13.2 Å². The molecule has 0 spiro atoms. The summed E-state index contributed by atoms with van der Waals surface area (Å²) in [7, 11) is -4.71. The van der Waals surface area contributed by atoms with Crippen molar-refractivity contribution >= 4 is 22.1 Å². The summed E-state index contributed by atoms with van der Waals surface area (Å²) in [5.41, 5.74) is 0. The van der Waals surface area contributed by atoms with E-state index in [-0.39, 0.29) is 42.8 Å². The molecule has 0 aromatic carbocycles. The quantitative estimate of drug-likeness (QED) is 0.208. The van der Waals surface area contributed by atoms with Crippen molar-refractivity contribution in [1.82, 2.24) is 0 Å². The normalized spacial score (nSPS) is 12.1. The molecule has 1 N–H and O–H groups in total. The number of rotatable bonds is 12. The number of carbonyl (C=O) groups is 2. The third-order valence-electron chi connectivity index (χ3n) is 2.98. The first-order valence-electron chi connectivity index (χ1n) is 7.61. The molecular weight excluding hydrogens is 335 g/mol. The SMILES string of the molecule is CCCCCOC(=O)CC(C(=O)OCCCCC)S(=O)(=O)O.[Na+]. The maximum Gasteiger partial charge on any atom is 1.00 e. The van der Waals surface area contributed by atoms with Crippen molar-refractivity contribution < 1.29 is 61.6 Å². The average Bonchev–Trinajstić information content (AvgIpc) is 2.44. The van der Waals surface area contributed by atoms with Gasteiger partial charge in [-0.1, -0.05) is 39.5 Å². The second-order valence-electron chi connectivity index (χ2n) is 5.01. The van der Waals surface area contributed by atoms with Crippen molar-refractivity contribution in [2.24, 2.45) is 0 Å². The Morgan fingerprint density at radius 1 is 0.957 bits per heavy atom. The summed E-state index contributed by atoms with van der Waals surface area (Å²) >= 11 is 0. The van der Waals surface area contributed by atoms with Gasteiger partial charge in [-0.2, -0.15) is 8.42 Å². The van der Waals surface area contributed by atoms with Crippen LogP contribution in [0.25, 0.3) is 0 Å². The van der Waals surface area contributed by atoms with Crippen LogP contribution in [0.5, 0.6) is 0 Å². The molecule has 23 heavy (non-hydrogen) atoms. The van der Waals surface area contributed by atoms with Crippen LogP contribution in [0, 0.1) is 0 Å². The van der Waals surface area contributed by atoms with Crippen molar-refractivity contribution in [3.8, 4) is 0 Å². The fourth-order valence-electron chi connectivity index (χ4n) is 1.68. The first kappa shape index (κ1) is 25.1. The maximum atomic E-state index is 11.7. The Kier molecular flexibility index (Phi) is 15.5. The Morgan fingerprint density at radius 3 is 1.87 bits per heavy atom. The molecule has 0 saturated carbocycles. The van der Waals surface area contributed by atoms with E-state index in [0.29, 0.717) is 12.8 Å². The van der Waals surface area contributed by atoms with E-state index in [2.05, 4.69) is 0 Å². The fourth-order valence-corrected chi connectivity index (χ4v) is 2.33. The number of ether oxygens (including phenoxy) is 2. The molecule has 1 unspecified atom stereocenters. The van der Waals surface area contributed by atoms with Gasteiger partial charge in [0.15, 0.2) is 5.25 Å². The van der Waals surface area contributed by atoms with E-state index in [1.165, 1.54) is 0 Å². The van der Waals surface area contributed by atoms with Crippen LogP contribution in [0.3, 0.4) is 0 Å². The summed E-state index contributed by atoms with van der Waals surface area (Å²) < 4.78 is 41.1. The molecule has 130 valence electrons. The molecular formula is C14H26NaO7S+. The Bertz CT molecular complexity index is 436. The topological polar surface area (TPSA) is 107 Å². The molecule has 9 heteroatoms. The van der Waals surface area contributed by atoms with Crippen molar-refractivity contribution in [2.45, 2.75) is 64.0 Å². The van der Waals surface area contributed by atoms with Gasteiger partial charge in [0.1, 0.15) is 0 Å². The number of hydrogen-bond acceptors (Lipinski definition) is 6. The van der Waals surface area contributed by atoms with E-state index in [4.69, 9.17) is 14.0 Å². The molecule has 0 fully saturated rings. The Hall–Kier alpha value is -0.150. The van der Waals surface area contributed by atoms with E-state index in [0.717, 1.165) is 25.7 Å². The van der Waals surface area contributed by atoms with Crippen molar-refractivity contribution in [1.29, 1.82) is 0 Å². The summed E-state index contributed by atoms with van der Waals surface area (Å²) in [6.07, 6.45) is 4.12. The maximum absolute atomic E-state index is 11.7. The second-order valence-corrected chi connectivity index (χ2v) is 6.61. The minimum Gasteiger partial charge on any atom is -0.466 e. The second kappa shape index (κ2) is 14.2. The monoisotopic (exact) mass is 361 g/mol. The molecule has 0 aliphatic rings. The summed E-state index contributed by atoms with van der Waals surface area (Å²) in [6, 6.07) is 0. The van der Waals surface area contributed by atoms with E-state index in [9.17, 15) is 18.0 Å². The molecule has 0 saturated heterocycles. The van der Waals surface area contributed by atoms with Crippen LogP contribution in [0.4, 0.5) is 0 Å². The first-order valence-corrected chi connectivity index (χ1v) is 9.11. The predicted molar refractivity (Wildman–Crippen MR) is 80.9 cm³/mol. The zero-order valence-electron chi connectivity index (χ0n) is 14.2. The molecule has 0 aromatic rings. The number of unbranched alkanes of at least 4 members (excludes halogenated alkanes) is 4. The van der Waals surface area contributed by atoms with Crippen molar-refractivity contribution in [3.05, 3.63) is 0 Å². The average molecular weight is 361 g/mol.